The summed E-state index contributed by atoms with van der Waals surface area (Å²) in [6, 6.07) is 0. The summed E-state index contributed by atoms with van der Waals surface area (Å²) in [5.41, 5.74) is 0. The molecule has 0 radical (unpaired) electrons. The number of esters is 1. The van der Waals surface area contributed by atoms with Crippen LogP contribution in [0.25, 0.3) is 0 Å². The van der Waals surface area contributed by atoms with E-state index in [1.165, 1.54) is 6.92 Å². The van der Waals surface area contributed by atoms with Crippen LogP contribution < -0.4 is 5.32 Å². The number of ether oxygens (including phenoxy) is 1. The Bertz CT molecular complexity index is 396. The third-order valence-electron chi connectivity index (χ3n) is 3.98. The zero-order valence-electron chi connectivity index (χ0n) is 14.0. The maximum Gasteiger partial charge on any atom is 0.302 e. The van der Waals surface area contributed by atoms with E-state index < -0.39 is 0 Å². The molecule has 1 rings (SSSR count). The predicted molar refractivity (Wildman–Crippen MR) is 95.3 cm³/mol. The van der Waals surface area contributed by atoms with E-state index in [0.717, 1.165) is 43.7 Å². The second-order valence-corrected chi connectivity index (χ2v) is 8.57. The standard InChI is InChI=1S/C16H27NO4S2/c1-12(18)15-5-3-14(4-6-15)11-17-16(20)7-9-22-23-10-8-21-13(2)19/h14-15H,3-11H2,1-2H3,(H,17,20). The first kappa shape index (κ1) is 20.4. The quantitative estimate of drug-likeness (QED) is 0.366. The van der Waals surface area contributed by atoms with Gasteiger partial charge >= 0.3 is 5.97 Å². The topological polar surface area (TPSA) is 72.5 Å². The van der Waals surface area contributed by atoms with Gasteiger partial charge in [-0.3, -0.25) is 14.4 Å². The normalized spacial score (nSPS) is 20.8. The summed E-state index contributed by atoms with van der Waals surface area (Å²) in [6.07, 6.45) is 4.50. The second-order valence-electron chi connectivity index (χ2n) is 5.87. The lowest BCUT2D eigenvalue weighted by atomic mass is 9.80. The van der Waals surface area contributed by atoms with Gasteiger partial charge in [0.25, 0.3) is 0 Å². The fourth-order valence-electron chi connectivity index (χ4n) is 2.59. The van der Waals surface area contributed by atoms with Crippen LogP contribution in [0.1, 0.15) is 46.0 Å². The summed E-state index contributed by atoms with van der Waals surface area (Å²) >= 11 is 0. The average Bonchev–Trinajstić information content (AvgIpc) is 2.52. The van der Waals surface area contributed by atoms with Gasteiger partial charge in [-0.15, -0.1) is 0 Å². The molecule has 1 saturated carbocycles. The van der Waals surface area contributed by atoms with Crippen molar-refractivity contribution in [3.05, 3.63) is 0 Å². The second kappa shape index (κ2) is 11.8. The molecule has 7 heteroatoms. The molecule has 0 aliphatic heterocycles. The number of hydrogen-bond donors (Lipinski definition) is 1. The van der Waals surface area contributed by atoms with Crippen molar-refractivity contribution >= 4 is 39.2 Å². The van der Waals surface area contributed by atoms with Crippen molar-refractivity contribution in [3.8, 4) is 0 Å². The molecule has 23 heavy (non-hydrogen) atoms. The third kappa shape index (κ3) is 9.91. The molecule has 0 heterocycles. The first-order chi connectivity index (χ1) is 11.0. The number of carbonyl (C=O) groups excluding carboxylic acids is 3. The zero-order chi connectivity index (χ0) is 17.1. The Hall–Kier alpha value is -0.690. The molecule has 0 aromatic heterocycles. The van der Waals surface area contributed by atoms with E-state index in [4.69, 9.17) is 4.74 Å². The third-order valence-corrected chi connectivity index (χ3v) is 6.35. The Morgan fingerprint density at radius 1 is 1.04 bits per heavy atom. The van der Waals surface area contributed by atoms with E-state index in [1.807, 2.05) is 0 Å². The van der Waals surface area contributed by atoms with Crippen molar-refractivity contribution in [1.82, 2.24) is 5.32 Å². The number of carbonyl (C=O) groups is 3. The molecule has 0 aromatic carbocycles. The summed E-state index contributed by atoms with van der Waals surface area (Å²) in [5.74, 6) is 2.39. The minimum atomic E-state index is -0.257. The lowest BCUT2D eigenvalue weighted by Crippen LogP contribution is -2.32. The smallest absolute Gasteiger partial charge is 0.302 e. The van der Waals surface area contributed by atoms with Crippen LogP contribution in [-0.2, 0) is 19.1 Å². The van der Waals surface area contributed by atoms with Crippen LogP contribution in [0.4, 0.5) is 0 Å². The molecule has 1 aliphatic carbocycles. The molecule has 0 aromatic rings. The number of ketones is 1. The van der Waals surface area contributed by atoms with Crippen molar-refractivity contribution in [1.29, 1.82) is 0 Å². The number of amides is 1. The highest BCUT2D eigenvalue weighted by atomic mass is 33.1. The summed E-state index contributed by atoms with van der Waals surface area (Å²) in [7, 11) is 3.24. The summed E-state index contributed by atoms with van der Waals surface area (Å²) in [6.45, 7) is 4.22. The number of hydrogen-bond acceptors (Lipinski definition) is 6. The van der Waals surface area contributed by atoms with E-state index in [1.54, 1.807) is 28.5 Å². The van der Waals surface area contributed by atoms with E-state index >= 15 is 0 Å². The van der Waals surface area contributed by atoms with Crippen molar-refractivity contribution < 1.29 is 19.1 Å². The Labute approximate surface area is 146 Å². The lowest BCUT2D eigenvalue weighted by Gasteiger charge is -2.27. The molecule has 132 valence electrons. The SMILES string of the molecule is CC(=O)OCCSSCCC(=O)NCC1CCC(C(C)=O)CC1. The summed E-state index contributed by atoms with van der Waals surface area (Å²) in [4.78, 5) is 33.7. The monoisotopic (exact) mass is 361 g/mol. The van der Waals surface area contributed by atoms with Crippen LogP contribution in [0, 0.1) is 11.8 Å². The van der Waals surface area contributed by atoms with E-state index in [2.05, 4.69) is 5.32 Å². The van der Waals surface area contributed by atoms with Crippen LogP contribution in [0.5, 0.6) is 0 Å². The fraction of sp³-hybridized carbons (Fsp3) is 0.812. The molecule has 0 atom stereocenters. The highest BCUT2D eigenvalue weighted by Crippen LogP contribution is 2.28. The highest BCUT2D eigenvalue weighted by molar-refractivity contribution is 8.76. The van der Waals surface area contributed by atoms with Gasteiger partial charge in [0, 0.05) is 37.3 Å². The summed E-state index contributed by atoms with van der Waals surface area (Å²) < 4.78 is 4.82. The molecule has 1 aliphatic rings. The molecule has 1 N–H and O–H groups in total. The first-order valence-electron chi connectivity index (χ1n) is 8.14. The van der Waals surface area contributed by atoms with Crippen LogP contribution in [-0.4, -0.2) is 42.3 Å². The molecular weight excluding hydrogens is 334 g/mol. The maximum atomic E-state index is 11.8. The molecule has 1 amide bonds. The predicted octanol–water partition coefficient (Wildman–Crippen LogP) is 2.83. The van der Waals surface area contributed by atoms with Gasteiger partial charge in [0.2, 0.25) is 5.91 Å². The average molecular weight is 362 g/mol. The van der Waals surface area contributed by atoms with Gasteiger partial charge in [-0.25, -0.2) is 0 Å². The Balaban J connectivity index is 1.96. The Morgan fingerprint density at radius 3 is 2.30 bits per heavy atom. The molecule has 0 spiro atoms. The van der Waals surface area contributed by atoms with Gasteiger partial charge in [0.15, 0.2) is 0 Å². The Kier molecular flexibility index (Phi) is 10.4. The van der Waals surface area contributed by atoms with Crippen LogP contribution >= 0.6 is 21.6 Å². The van der Waals surface area contributed by atoms with Crippen molar-refractivity contribution in [2.75, 3.05) is 24.7 Å². The van der Waals surface area contributed by atoms with E-state index in [-0.39, 0.29) is 17.8 Å². The minimum absolute atomic E-state index is 0.0896. The van der Waals surface area contributed by atoms with E-state index in [9.17, 15) is 14.4 Å². The van der Waals surface area contributed by atoms with E-state index in [0.29, 0.717) is 24.7 Å². The van der Waals surface area contributed by atoms with Gasteiger partial charge < -0.3 is 10.1 Å². The van der Waals surface area contributed by atoms with Crippen molar-refractivity contribution in [2.45, 2.75) is 46.0 Å². The lowest BCUT2D eigenvalue weighted by molar-refractivity contribution is -0.140. The van der Waals surface area contributed by atoms with Gasteiger partial charge in [-0.05, 0) is 38.5 Å². The highest BCUT2D eigenvalue weighted by Gasteiger charge is 2.23. The molecule has 0 unspecified atom stereocenters. The minimum Gasteiger partial charge on any atom is -0.465 e. The van der Waals surface area contributed by atoms with Gasteiger partial charge in [-0.1, -0.05) is 21.6 Å². The molecule has 1 fully saturated rings. The van der Waals surface area contributed by atoms with Gasteiger partial charge in [0.05, 0.1) is 0 Å². The largest absolute Gasteiger partial charge is 0.465 e. The van der Waals surface area contributed by atoms with Crippen LogP contribution in [0.15, 0.2) is 0 Å². The van der Waals surface area contributed by atoms with Crippen LogP contribution in [0.3, 0.4) is 0 Å². The first-order valence-corrected chi connectivity index (χ1v) is 10.6. The van der Waals surface area contributed by atoms with Gasteiger partial charge in [-0.2, -0.15) is 0 Å². The number of rotatable bonds is 10. The zero-order valence-corrected chi connectivity index (χ0v) is 15.6. The maximum absolute atomic E-state index is 11.8. The summed E-state index contributed by atoms with van der Waals surface area (Å²) in [5, 5.41) is 3.00. The fourth-order valence-corrected chi connectivity index (χ4v) is 4.41. The van der Waals surface area contributed by atoms with Gasteiger partial charge in [0.1, 0.15) is 12.4 Å². The van der Waals surface area contributed by atoms with Crippen molar-refractivity contribution in [2.24, 2.45) is 11.8 Å². The number of nitrogens with one attached hydrogen (secondary N) is 1. The molecule has 5 nitrogen and oxygen atoms in total. The van der Waals surface area contributed by atoms with Crippen LogP contribution in [0.2, 0.25) is 0 Å². The molecular formula is C16H27NO4S2. The van der Waals surface area contributed by atoms with Crippen molar-refractivity contribution in [3.63, 3.8) is 0 Å². The molecule has 0 saturated heterocycles. The molecule has 0 bridgehead atoms. The Morgan fingerprint density at radius 2 is 1.70 bits per heavy atom. The number of Topliss-reactive ketones (excluding diaryl/α,β-unsaturated/α-hetero) is 1.